The number of unbranched alkanes of at least 4 members (excludes halogenated alkanes) is 1. The summed E-state index contributed by atoms with van der Waals surface area (Å²) < 4.78 is 91.0. The van der Waals surface area contributed by atoms with Gasteiger partial charge >= 0.3 is 5.97 Å². The summed E-state index contributed by atoms with van der Waals surface area (Å²) in [5.74, 6) is -7.90. The van der Waals surface area contributed by atoms with E-state index in [1.807, 2.05) is 70.3 Å². The number of carbonyl (C=O) groups excluding carboxylic acids is 6. The number of piperidine rings is 1. The van der Waals surface area contributed by atoms with Crippen LogP contribution in [0.5, 0.6) is 5.75 Å². The first-order valence-electron chi connectivity index (χ1n) is 45.1. The van der Waals surface area contributed by atoms with E-state index in [1.54, 1.807) is 68.6 Å². The lowest BCUT2D eigenvalue weighted by atomic mass is 9.78. The number of benzene rings is 1. The third kappa shape index (κ3) is 32.4. The van der Waals surface area contributed by atoms with Gasteiger partial charge in [0.2, 0.25) is 11.7 Å². The second kappa shape index (κ2) is 54.4. The molecule has 0 radical (unpaired) electrons. The number of hydrogen-bond donors (Lipinski definition) is 6. The molecule has 35 nitrogen and oxygen atoms in total. The number of anilines is 1. The number of H-pyrrole nitrogens is 1. The van der Waals surface area contributed by atoms with Gasteiger partial charge in [-0.1, -0.05) is 76.3 Å². The van der Waals surface area contributed by atoms with E-state index in [9.17, 15) is 44.1 Å². The Kier molecular flexibility index (Phi) is 43.9. The third-order valence-electron chi connectivity index (χ3n) is 23.9. The molecule has 7 heterocycles. The number of aromatic amines is 1. The van der Waals surface area contributed by atoms with Crippen molar-refractivity contribution >= 4 is 62.9 Å². The van der Waals surface area contributed by atoms with Crippen LogP contribution in [0.1, 0.15) is 150 Å². The molecule has 0 spiro atoms. The number of nitrogens with zero attached hydrogens (tertiary/aromatic N) is 8. The molecule has 127 heavy (non-hydrogen) atoms. The van der Waals surface area contributed by atoms with E-state index >= 15 is 0 Å². The molecule has 1 aromatic carbocycles. The number of hydrogen-bond acceptors (Lipinski definition) is 30. The number of carbonyl (C=O) groups is 6. The molecule has 2 bridgehead atoms. The van der Waals surface area contributed by atoms with E-state index in [1.165, 1.54) is 18.3 Å². The van der Waals surface area contributed by atoms with Gasteiger partial charge < -0.3 is 107 Å². The highest BCUT2D eigenvalue weighted by Gasteiger charge is 2.53. The van der Waals surface area contributed by atoms with Gasteiger partial charge in [-0.15, -0.1) is 5.10 Å². The standard InChI is InChI=1S/C92H139N11O24/c1-61-18-12-11-13-19-62(2)78(113-8)56-72-24-21-67(7)92(112,127-72)87(109)90(110)102-29-16-14-20-75(102)91(111)126-79(57-76(105)63(3)51-66(6)85(108)86(115-10)84(107)65(5)50-61)64(4)52-68-22-26-77(80(53-68)114-9)125-49-48-124-59-70-58-101(100-98-70)31-33-117-35-37-119-39-41-121-43-45-123-47-46-122-44-42-120-40-38-118-36-34-116-32-27-81(106)94-28-15-17-30-103-89-82(88(93)95-60-96-89)83(99-103)74-55-69-54-71(104)23-25-73(69)97-74/h11-13,18-19,23,25,51,54-55,58,60-61,63-65,67-68,72,75,77-80,85-86,97,104,108,112H,14-17,20-22,24,26-50,52-53,56-57,59H2,1-10H3,(H,94,106)(H2,93,95,96)/b13-11+,18-12+,62-19+,66-51+/t61-,63-,64-,65-,67-,68+,72+,75+,77-,78?,79+,80-,85-,86+,92-/m1/s1. The highest BCUT2D eigenvalue weighted by molar-refractivity contribution is 6.39. The van der Waals surface area contributed by atoms with Crippen molar-refractivity contribution < 1.29 is 115 Å². The molecule has 9 rings (SSSR count). The number of cyclic esters (lactones) is 1. The van der Waals surface area contributed by atoms with Crippen LogP contribution in [0.15, 0.2) is 84.4 Å². The fourth-order valence-electron chi connectivity index (χ4n) is 16.5. The average molecular weight is 1780 g/mol. The topological polar surface area (TPSA) is 433 Å². The molecular weight excluding hydrogens is 1640 g/mol. The number of ketones is 3. The first-order chi connectivity index (χ1) is 61.4. The number of aliphatic hydroxyl groups excluding tert-OH is 1. The van der Waals surface area contributed by atoms with Gasteiger partial charge in [-0.05, 0) is 144 Å². The number of phenolic OH excluding ortho intramolecular Hbond substituents is 1. The van der Waals surface area contributed by atoms with E-state index in [0.29, 0.717) is 224 Å². The Morgan fingerprint density at radius 3 is 2.08 bits per heavy atom. The molecular formula is C92H139N11O24. The molecule has 3 aliphatic heterocycles. The fourth-order valence-corrected chi connectivity index (χ4v) is 16.5. The summed E-state index contributed by atoms with van der Waals surface area (Å²) in [7, 11) is 4.61. The zero-order valence-electron chi connectivity index (χ0n) is 76.0. The summed E-state index contributed by atoms with van der Waals surface area (Å²) in [5, 5.41) is 51.4. The number of aryl methyl sites for hydroxylation is 1. The van der Waals surface area contributed by atoms with Crippen molar-refractivity contribution in [3.63, 3.8) is 0 Å². The lowest BCUT2D eigenvalue weighted by molar-refractivity contribution is -0.265. The number of aromatic hydroxyl groups is 1. The number of ether oxygens (including phenoxy) is 15. The smallest absolute Gasteiger partial charge is 0.329 e. The molecule has 1 unspecified atom stereocenters. The largest absolute Gasteiger partial charge is 0.508 e. The molecule has 7 N–H and O–H groups in total. The number of aliphatic hydroxyl groups is 2. The van der Waals surface area contributed by atoms with Crippen molar-refractivity contribution in [1.29, 1.82) is 0 Å². The van der Waals surface area contributed by atoms with E-state index in [0.717, 1.165) is 41.4 Å². The van der Waals surface area contributed by atoms with Crippen LogP contribution >= 0.6 is 0 Å². The number of amides is 2. The summed E-state index contributed by atoms with van der Waals surface area (Å²) in [5.41, 5.74) is 11.0. The summed E-state index contributed by atoms with van der Waals surface area (Å²) in [4.78, 5) is 97.8. The minimum absolute atomic E-state index is 0.00920. The molecule has 4 aliphatic rings. The van der Waals surface area contributed by atoms with Crippen molar-refractivity contribution in [2.24, 2.45) is 35.5 Å². The number of Topliss-reactive ketones (excluding diaryl/α,β-unsaturated/α-hetero) is 3. The number of allylic oxidation sites excluding steroid dienone is 6. The van der Waals surface area contributed by atoms with Crippen molar-refractivity contribution in [2.75, 3.05) is 159 Å². The van der Waals surface area contributed by atoms with Crippen molar-refractivity contribution in [1.82, 2.24) is 49.9 Å². The Labute approximate surface area is 745 Å². The number of aromatic nitrogens is 8. The summed E-state index contributed by atoms with van der Waals surface area (Å²) >= 11 is 0. The predicted molar refractivity (Wildman–Crippen MR) is 471 cm³/mol. The monoisotopic (exact) mass is 1780 g/mol. The van der Waals surface area contributed by atoms with Gasteiger partial charge in [0.15, 0.2) is 11.4 Å². The van der Waals surface area contributed by atoms with Crippen LogP contribution in [0.2, 0.25) is 0 Å². The Hall–Kier alpha value is -8.21. The summed E-state index contributed by atoms with van der Waals surface area (Å²) in [6.45, 7) is 21.6. The average Bonchev–Trinajstić information content (AvgIpc) is 1.76. The molecule has 35 heteroatoms. The second-order valence-electron chi connectivity index (χ2n) is 33.6. The van der Waals surface area contributed by atoms with Gasteiger partial charge in [0.25, 0.3) is 11.7 Å². The molecule has 1 saturated carbocycles. The molecule has 15 atom stereocenters. The number of methoxy groups -OCH3 is 3. The zero-order chi connectivity index (χ0) is 91.0. The van der Waals surface area contributed by atoms with Crippen LogP contribution in [0.25, 0.3) is 33.3 Å². The van der Waals surface area contributed by atoms with Gasteiger partial charge in [-0.2, -0.15) is 5.10 Å². The SMILES string of the molecule is COC1C[C@@H]2CC[C@@H](C)[C@@](O)(O2)C(=O)C(=O)N2CCCC[C@H]2C(=O)O[C@H]([C@H](C)C[C@@H]2CC[C@@H](OCCOCc3cn(CCOCCOCCOCCOCCOCCOCCOCCOCCC(=O)NCCCCn4nc(-c5cc6cc(O)ccc6[nH]5)c5c(N)ncnc54)nn3)[C@H](OC)C2)CC(=O)[C@H](C)/C=C(\C)[C@@H](O)[C@@H](OC)C(=O)[C@H](C)C[C@H](C)/C=C/C=C/C=C/1C. The number of esters is 1. The number of nitrogens with two attached hydrogens (primary N) is 1. The maximum absolute atomic E-state index is 14.8. The highest BCUT2D eigenvalue weighted by Crippen LogP contribution is 2.40. The first-order valence-corrected chi connectivity index (χ1v) is 45.1. The molecule has 3 fully saturated rings. The fraction of sp³-hybridized carbons (Fsp3) is 0.685. The van der Waals surface area contributed by atoms with Crippen LogP contribution in [-0.2, 0) is 120 Å². The Morgan fingerprint density at radius 2 is 1.40 bits per heavy atom. The molecule has 1 aliphatic carbocycles. The lowest BCUT2D eigenvalue weighted by Gasteiger charge is -2.42. The molecule has 2 saturated heterocycles. The summed E-state index contributed by atoms with van der Waals surface area (Å²) in [6.07, 6.45) is 16.3. The highest BCUT2D eigenvalue weighted by atomic mass is 16.6. The normalized spacial score (nSPS) is 26.5. The maximum Gasteiger partial charge on any atom is 0.329 e. The Balaban J connectivity index is 0.586. The Bertz CT molecular complexity index is 4320. The van der Waals surface area contributed by atoms with E-state index in [-0.39, 0.29) is 92.2 Å². The number of nitrogens with one attached hydrogen (secondary N) is 2. The van der Waals surface area contributed by atoms with Gasteiger partial charge in [-0.25, -0.2) is 24.1 Å². The predicted octanol–water partition coefficient (Wildman–Crippen LogP) is 8.71. The number of phenols is 1. The van der Waals surface area contributed by atoms with Crippen LogP contribution < -0.4 is 11.1 Å². The van der Waals surface area contributed by atoms with Gasteiger partial charge in [0.1, 0.15) is 59.4 Å². The van der Waals surface area contributed by atoms with E-state index in [4.69, 9.17) is 81.9 Å². The molecule has 2 amide bonds. The summed E-state index contributed by atoms with van der Waals surface area (Å²) in [6, 6.07) is 5.83. The van der Waals surface area contributed by atoms with Crippen LogP contribution in [-0.4, -0.2) is 303 Å². The Morgan fingerprint density at radius 1 is 0.724 bits per heavy atom. The molecule has 5 aromatic rings. The lowest BCUT2D eigenvalue weighted by Crippen LogP contribution is -2.61. The molecule has 4 aromatic heterocycles. The van der Waals surface area contributed by atoms with E-state index in [2.05, 4.69) is 30.6 Å². The van der Waals surface area contributed by atoms with Crippen LogP contribution in [0.4, 0.5) is 5.82 Å². The second-order valence-corrected chi connectivity index (χ2v) is 33.6. The van der Waals surface area contributed by atoms with Gasteiger partial charge in [0.05, 0.1) is 174 Å². The third-order valence-corrected chi connectivity index (χ3v) is 23.9. The van der Waals surface area contributed by atoms with Crippen LogP contribution in [0, 0.1) is 35.5 Å². The van der Waals surface area contributed by atoms with Crippen molar-refractivity contribution in [3.8, 4) is 17.1 Å². The van der Waals surface area contributed by atoms with Gasteiger partial charge in [-0.3, -0.25) is 24.0 Å². The maximum atomic E-state index is 14.8. The number of rotatable bonds is 45. The minimum atomic E-state index is -2.47. The first kappa shape index (κ1) is 103. The quantitative estimate of drug-likeness (QED) is 0.00917. The van der Waals surface area contributed by atoms with Gasteiger partial charge in [0, 0.05) is 88.9 Å². The number of nitrogen functional groups attached to an aromatic ring is 1. The zero-order valence-corrected chi connectivity index (χ0v) is 76.0. The van der Waals surface area contributed by atoms with Crippen molar-refractivity contribution in [3.05, 3.63) is 90.1 Å². The molecule has 706 valence electrons. The van der Waals surface area contributed by atoms with Crippen molar-refractivity contribution in [2.45, 2.75) is 219 Å². The van der Waals surface area contributed by atoms with Crippen LogP contribution in [0.3, 0.4) is 0 Å². The minimum Gasteiger partial charge on any atom is -0.508 e. The number of fused-ring (bicyclic) bond motifs is 5. The van der Waals surface area contributed by atoms with E-state index < -0.39 is 77.8 Å².